The van der Waals surface area contributed by atoms with E-state index in [-0.39, 0.29) is 18.1 Å². The van der Waals surface area contributed by atoms with Gasteiger partial charge in [-0.15, -0.1) is 0 Å². The molecule has 0 bridgehead atoms. The highest BCUT2D eigenvalue weighted by molar-refractivity contribution is 5.75. The summed E-state index contributed by atoms with van der Waals surface area (Å²) < 4.78 is 13.4. The summed E-state index contributed by atoms with van der Waals surface area (Å²) in [5.41, 5.74) is 2.24. The molecule has 2 aromatic rings. The predicted octanol–water partition coefficient (Wildman–Crippen LogP) is 3.79. The van der Waals surface area contributed by atoms with Crippen molar-refractivity contribution >= 4 is 6.03 Å². The van der Waals surface area contributed by atoms with Gasteiger partial charge in [0, 0.05) is 25.5 Å². The summed E-state index contributed by atoms with van der Waals surface area (Å²) in [5.74, 6) is 1.53. The third-order valence-corrected chi connectivity index (χ3v) is 5.51. The Morgan fingerprint density at radius 3 is 2.81 bits per heavy atom. The van der Waals surface area contributed by atoms with Crippen LogP contribution in [0, 0.1) is 0 Å². The van der Waals surface area contributed by atoms with Crippen LogP contribution in [0.2, 0.25) is 0 Å². The van der Waals surface area contributed by atoms with E-state index in [1.807, 2.05) is 42.4 Å². The van der Waals surface area contributed by atoms with E-state index in [9.17, 15) is 4.79 Å². The van der Waals surface area contributed by atoms with E-state index >= 15 is 0 Å². The van der Waals surface area contributed by atoms with Crippen molar-refractivity contribution in [1.29, 1.82) is 0 Å². The second-order valence-electron chi connectivity index (χ2n) is 7.21. The molecule has 27 heavy (non-hydrogen) atoms. The molecule has 6 heteroatoms. The largest absolute Gasteiger partial charge is 0.486 e. The minimum atomic E-state index is -0.0528. The Labute approximate surface area is 160 Å². The van der Waals surface area contributed by atoms with Gasteiger partial charge in [0.2, 0.25) is 0 Å². The Morgan fingerprint density at radius 2 is 2.07 bits per heavy atom. The normalized spacial score (nSPS) is 19.8. The van der Waals surface area contributed by atoms with Crippen LogP contribution in [-0.2, 0) is 7.05 Å². The van der Waals surface area contributed by atoms with E-state index in [0.29, 0.717) is 13.2 Å². The number of urea groups is 1. The first-order valence-corrected chi connectivity index (χ1v) is 9.75. The van der Waals surface area contributed by atoms with Crippen LogP contribution in [0.25, 0.3) is 0 Å². The highest BCUT2D eigenvalue weighted by Crippen LogP contribution is 2.35. The van der Waals surface area contributed by atoms with Crippen LogP contribution in [0.3, 0.4) is 0 Å². The zero-order valence-corrected chi connectivity index (χ0v) is 16.0. The van der Waals surface area contributed by atoms with Gasteiger partial charge in [-0.2, -0.15) is 0 Å². The Morgan fingerprint density at radius 1 is 1.26 bits per heavy atom. The molecule has 3 heterocycles. The van der Waals surface area contributed by atoms with Crippen LogP contribution in [0.4, 0.5) is 4.79 Å². The van der Waals surface area contributed by atoms with E-state index in [0.717, 1.165) is 42.9 Å². The molecule has 0 spiro atoms. The van der Waals surface area contributed by atoms with Gasteiger partial charge in [0.1, 0.15) is 13.2 Å². The van der Waals surface area contributed by atoms with Gasteiger partial charge in [-0.3, -0.25) is 0 Å². The average Bonchev–Trinajstić information content (AvgIpc) is 3.34. The molecular formula is C21H27N3O3. The standard InChI is InChI=1S/C21H27N3O3/c1-3-16(15-8-9-19-20(14-15)27-13-12-26-19)22-21(25)24-11-5-7-18(24)17-6-4-10-23(17)2/h4,6,8-10,14,16,18H,3,5,7,11-13H2,1-2H3,(H,22,25)/t16-,18-/m1/s1. The Balaban J connectivity index is 1.49. The third kappa shape index (κ3) is 3.48. The van der Waals surface area contributed by atoms with Crippen LogP contribution in [0.1, 0.15) is 49.5 Å². The molecule has 0 radical (unpaired) electrons. The summed E-state index contributed by atoms with van der Waals surface area (Å²) in [6.45, 7) is 4.02. The molecule has 0 aliphatic carbocycles. The maximum Gasteiger partial charge on any atom is 0.318 e. The molecule has 144 valence electrons. The maximum absolute atomic E-state index is 13.0. The minimum absolute atomic E-state index is 0.000407. The number of fused-ring (bicyclic) bond motifs is 1. The van der Waals surface area contributed by atoms with Crippen molar-refractivity contribution in [2.75, 3.05) is 19.8 Å². The first-order valence-electron chi connectivity index (χ1n) is 9.75. The summed E-state index contributed by atoms with van der Waals surface area (Å²) in [6, 6.07) is 10.2. The van der Waals surface area contributed by atoms with Gasteiger partial charge in [0.15, 0.2) is 11.5 Å². The molecular weight excluding hydrogens is 342 g/mol. The number of likely N-dealkylation sites (tertiary alicyclic amines) is 1. The lowest BCUT2D eigenvalue weighted by atomic mass is 10.0. The summed E-state index contributed by atoms with van der Waals surface area (Å²) in [7, 11) is 2.04. The highest BCUT2D eigenvalue weighted by Gasteiger charge is 2.32. The predicted molar refractivity (Wildman–Crippen MR) is 103 cm³/mol. The van der Waals surface area contributed by atoms with Crippen LogP contribution in [-0.4, -0.2) is 35.3 Å². The van der Waals surface area contributed by atoms with E-state index < -0.39 is 0 Å². The molecule has 0 saturated carbocycles. The number of benzene rings is 1. The lowest BCUT2D eigenvalue weighted by Gasteiger charge is -2.28. The number of hydrogen-bond acceptors (Lipinski definition) is 3. The summed E-state index contributed by atoms with van der Waals surface area (Å²) >= 11 is 0. The Hall–Kier alpha value is -2.63. The highest BCUT2D eigenvalue weighted by atomic mass is 16.6. The van der Waals surface area contributed by atoms with Gasteiger partial charge >= 0.3 is 6.03 Å². The van der Waals surface area contributed by atoms with Crippen molar-refractivity contribution < 1.29 is 14.3 Å². The number of amides is 2. The maximum atomic E-state index is 13.0. The van der Waals surface area contributed by atoms with Crippen molar-refractivity contribution in [3.8, 4) is 11.5 Å². The number of carbonyl (C=O) groups excluding carboxylic acids is 1. The number of nitrogens with zero attached hydrogens (tertiary/aromatic N) is 2. The molecule has 1 N–H and O–H groups in total. The van der Waals surface area contributed by atoms with Gasteiger partial charge in [-0.1, -0.05) is 13.0 Å². The number of carbonyl (C=O) groups is 1. The minimum Gasteiger partial charge on any atom is -0.486 e. The third-order valence-electron chi connectivity index (χ3n) is 5.51. The molecule has 1 fully saturated rings. The molecule has 0 unspecified atom stereocenters. The summed E-state index contributed by atoms with van der Waals surface area (Å²) in [5, 5.41) is 3.22. The quantitative estimate of drug-likeness (QED) is 0.892. The van der Waals surface area contributed by atoms with E-state index in [1.165, 1.54) is 5.69 Å². The lowest BCUT2D eigenvalue weighted by molar-refractivity contribution is 0.171. The molecule has 2 amide bonds. The fourth-order valence-electron chi connectivity index (χ4n) is 4.07. The van der Waals surface area contributed by atoms with Gasteiger partial charge in [0.25, 0.3) is 0 Å². The number of ether oxygens (including phenoxy) is 2. The Kier molecular flexibility index (Phi) is 4.97. The summed E-state index contributed by atoms with van der Waals surface area (Å²) in [6.07, 6.45) is 4.89. The zero-order chi connectivity index (χ0) is 18.8. The van der Waals surface area contributed by atoms with Crippen LogP contribution < -0.4 is 14.8 Å². The molecule has 2 aliphatic rings. The molecule has 4 rings (SSSR count). The number of rotatable bonds is 4. The van der Waals surface area contributed by atoms with Gasteiger partial charge < -0.3 is 24.3 Å². The van der Waals surface area contributed by atoms with E-state index in [2.05, 4.69) is 22.9 Å². The summed E-state index contributed by atoms with van der Waals surface area (Å²) in [4.78, 5) is 15.0. The SMILES string of the molecule is CC[C@@H](NC(=O)N1CCC[C@@H]1c1cccn1C)c1ccc2c(c1)OCCO2. The lowest BCUT2D eigenvalue weighted by Crippen LogP contribution is -2.41. The fraction of sp³-hybridized carbons (Fsp3) is 0.476. The second-order valence-corrected chi connectivity index (χ2v) is 7.21. The topological polar surface area (TPSA) is 55.7 Å². The number of aryl methyl sites for hydroxylation is 1. The van der Waals surface area contributed by atoms with Crippen LogP contribution in [0.15, 0.2) is 36.5 Å². The smallest absolute Gasteiger partial charge is 0.318 e. The number of aromatic nitrogens is 1. The second kappa shape index (κ2) is 7.55. The number of hydrogen-bond donors (Lipinski definition) is 1. The van der Waals surface area contributed by atoms with Crippen molar-refractivity contribution in [2.45, 2.75) is 38.3 Å². The van der Waals surface area contributed by atoms with Gasteiger partial charge in [0.05, 0.1) is 12.1 Å². The van der Waals surface area contributed by atoms with Crippen molar-refractivity contribution in [1.82, 2.24) is 14.8 Å². The molecule has 1 saturated heterocycles. The van der Waals surface area contributed by atoms with Crippen molar-refractivity contribution in [3.63, 3.8) is 0 Å². The monoisotopic (exact) mass is 369 g/mol. The first kappa shape index (κ1) is 17.8. The molecule has 1 aromatic carbocycles. The number of nitrogens with one attached hydrogen (secondary N) is 1. The zero-order valence-electron chi connectivity index (χ0n) is 16.0. The van der Waals surface area contributed by atoms with E-state index in [4.69, 9.17) is 9.47 Å². The molecule has 1 aromatic heterocycles. The van der Waals surface area contributed by atoms with Crippen LogP contribution in [0.5, 0.6) is 11.5 Å². The molecule has 2 aliphatic heterocycles. The van der Waals surface area contributed by atoms with E-state index in [1.54, 1.807) is 0 Å². The first-order chi connectivity index (χ1) is 13.2. The van der Waals surface area contributed by atoms with Crippen LogP contribution >= 0.6 is 0 Å². The molecule has 6 nitrogen and oxygen atoms in total. The van der Waals surface area contributed by atoms with Gasteiger partial charge in [-0.25, -0.2) is 4.79 Å². The Bertz CT molecular complexity index is 817. The average molecular weight is 369 g/mol. The molecule has 2 atom stereocenters. The van der Waals surface area contributed by atoms with Gasteiger partial charge in [-0.05, 0) is 49.1 Å². The van der Waals surface area contributed by atoms with Crippen molar-refractivity contribution in [3.05, 3.63) is 47.8 Å². The van der Waals surface area contributed by atoms with Crippen molar-refractivity contribution in [2.24, 2.45) is 7.05 Å². The fourth-order valence-corrected chi connectivity index (χ4v) is 4.07.